The van der Waals surface area contributed by atoms with Gasteiger partial charge in [0.05, 0.1) is 0 Å². The number of carbonyl (C=O) groups is 3. The van der Waals surface area contributed by atoms with Crippen molar-refractivity contribution in [3.05, 3.63) is 0 Å². The molecule has 1 atom stereocenters. The highest BCUT2D eigenvalue weighted by Gasteiger charge is 2.25. The summed E-state index contributed by atoms with van der Waals surface area (Å²) in [6, 6.07) is -0.834. The van der Waals surface area contributed by atoms with Crippen LogP contribution in [0.5, 0.6) is 0 Å². The smallest absolute Gasteiger partial charge is 0.329 e. The molecular weight excluding hydrogens is 224 g/mol. The van der Waals surface area contributed by atoms with Crippen LogP contribution in [0.2, 0.25) is 0 Å². The molecule has 0 rings (SSSR count). The van der Waals surface area contributed by atoms with Gasteiger partial charge in [-0.1, -0.05) is 0 Å². The third-order valence-electron chi connectivity index (χ3n) is 1.75. The van der Waals surface area contributed by atoms with Crippen LogP contribution in [0.1, 0.15) is 40.5 Å². The second-order valence-corrected chi connectivity index (χ2v) is 4.79. The van der Waals surface area contributed by atoms with E-state index < -0.39 is 23.5 Å². The Bertz CT molecular complexity index is 307. The van der Waals surface area contributed by atoms with Crippen molar-refractivity contribution in [3.8, 4) is 0 Å². The normalized spacial score (nSPS) is 12.7. The van der Waals surface area contributed by atoms with E-state index in [9.17, 15) is 14.4 Å². The maximum absolute atomic E-state index is 11.7. The lowest BCUT2D eigenvalue weighted by atomic mass is 10.1. The zero-order valence-corrected chi connectivity index (χ0v) is 10.7. The van der Waals surface area contributed by atoms with E-state index in [1.165, 1.54) is 6.92 Å². The van der Waals surface area contributed by atoms with Gasteiger partial charge in [0.25, 0.3) is 0 Å². The summed E-state index contributed by atoms with van der Waals surface area (Å²) in [7, 11) is 0. The lowest BCUT2D eigenvalue weighted by Crippen LogP contribution is -2.43. The fraction of sp³-hybridized carbons (Fsp3) is 0.727. The van der Waals surface area contributed by atoms with Gasteiger partial charge in [-0.2, -0.15) is 0 Å². The SMILES string of the molecule is CC(=O)N[C@@H](CCC(N)=O)C(=O)OC(C)(C)C. The van der Waals surface area contributed by atoms with E-state index in [1.54, 1.807) is 20.8 Å². The van der Waals surface area contributed by atoms with Gasteiger partial charge in [-0.05, 0) is 27.2 Å². The fourth-order valence-corrected chi connectivity index (χ4v) is 1.15. The van der Waals surface area contributed by atoms with Gasteiger partial charge in [0, 0.05) is 13.3 Å². The topological polar surface area (TPSA) is 98.5 Å². The van der Waals surface area contributed by atoms with Gasteiger partial charge < -0.3 is 15.8 Å². The minimum absolute atomic E-state index is 0.0180. The van der Waals surface area contributed by atoms with Crippen LogP contribution in [0.25, 0.3) is 0 Å². The summed E-state index contributed by atoms with van der Waals surface area (Å²) >= 11 is 0. The van der Waals surface area contributed by atoms with Crippen molar-refractivity contribution in [1.29, 1.82) is 0 Å². The molecule has 0 bridgehead atoms. The van der Waals surface area contributed by atoms with Crippen molar-refractivity contribution in [2.75, 3.05) is 0 Å². The van der Waals surface area contributed by atoms with Gasteiger partial charge in [0.1, 0.15) is 11.6 Å². The predicted octanol–water partition coefficient (Wildman–Crippen LogP) is 0.0983. The number of nitrogens with one attached hydrogen (secondary N) is 1. The van der Waals surface area contributed by atoms with Gasteiger partial charge >= 0.3 is 5.97 Å². The zero-order chi connectivity index (χ0) is 13.6. The molecule has 0 heterocycles. The van der Waals surface area contributed by atoms with E-state index >= 15 is 0 Å². The monoisotopic (exact) mass is 244 g/mol. The third kappa shape index (κ3) is 8.24. The summed E-state index contributed by atoms with van der Waals surface area (Å²) in [5, 5.41) is 2.44. The lowest BCUT2D eigenvalue weighted by molar-refractivity contribution is -0.158. The Labute approximate surface area is 101 Å². The highest BCUT2D eigenvalue weighted by atomic mass is 16.6. The predicted molar refractivity (Wildman–Crippen MR) is 61.9 cm³/mol. The number of hydrogen-bond donors (Lipinski definition) is 2. The van der Waals surface area contributed by atoms with Crippen LogP contribution in [0, 0.1) is 0 Å². The average molecular weight is 244 g/mol. The highest BCUT2D eigenvalue weighted by Crippen LogP contribution is 2.10. The average Bonchev–Trinajstić information content (AvgIpc) is 2.08. The largest absolute Gasteiger partial charge is 0.458 e. The van der Waals surface area contributed by atoms with E-state index in [2.05, 4.69) is 5.32 Å². The van der Waals surface area contributed by atoms with Crippen LogP contribution in [-0.4, -0.2) is 29.4 Å². The highest BCUT2D eigenvalue weighted by molar-refractivity contribution is 5.84. The van der Waals surface area contributed by atoms with E-state index in [0.29, 0.717) is 0 Å². The Morgan fingerprint density at radius 2 is 1.82 bits per heavy atom. The van der Waals surface area contributed by atoms with Crippen molar-refractivity contribution in [2.45, 2.75) is 52.2 Å². The summed E-state index contributed by atoms with van der Waals surface area (Å²) in [6.07, 6.45) is 0.161. The van der Waals surface area contributed by atoms with Gasteiger partial charge in [-0.25, -0.2) is 4.79 Å². The zero-order valence-electron chi connectivity index (χ0n) is 10.7. The first-order valence-electron chi connectivity index (χ1n) is 5.40. The Morgan fingerprint density at radius 1 is 1.29 bits per heavy atom. The van der Waals surface area contributed by atoms with Crippen molar-refractivity contribution in [2.24, 2.45) is 5.73 Å². The number of nitrogens with two attached hydrogens (primary N) is 1. The molecule has 3 N–H and O–H groups in total. The minimum atomic E-state index is -0.834. The first kappa shape index (κ1) is 15.4. The second-order valence-electron chi connectivity index (χ2n) is 4.79. The first-order chi connectivity index (χ1) is 7.61. The Hall–Kier alpha value is -1.59. The van der Waals surface area contributed by atoms with E-state index in [1.807, 2.05) is 0 Å². The summed E-state index contributed by atoms with van der Waals surface area (Å²) in [4.78, 5) is 33.3. The molecule has 0 aromatic carbocycles. The number of rotatable bonds is 5. The van der Waals surface area contributed by atoms with Gasteiger partial charge in [-0.3, -0.25) is 9.59 Å². The maximum atomic E-state index is 11.7. The van der Waals surface area contributed by atoms with Crippen LogP contribution in [-0.2, 0) is 19.1 Å². The van der Waals surface area contributed by atoms with Crippen LogP contribution in [0.3, 0.4) is 0 Å². The number of carbonyl (C=O) groups excluding carboxylic acids is 3. The molecule has 2 amide bonds. The van der Waals surface area contributed by atoms with Crippen LogP contribution >= 0.6 is 0 Å². The molecule has 0 saturated heterocycles. The standard InChI is InChI=1S/C11H20N2O4/c1-7(14)13-8(5-6-9(12)15)10(16)17-11(2,3)4/h8H,5-6H2,1-4H3,(H2,12,15)(H,13,14)/t8-/m0/s1. The van der Waals surface area contributed by atoms with Crippen LogP contribution < -0.4 is 11.1 Å². The number of esters is 1. The molecule has 98 valence electrons. The molecule has 0 aliphatic carbocycles. The van der Waals surface area contributed by atoms with Crippen molar-refractivity contribution in [1.82, 2.24) is 5.32 Å². The Morgan fingerprint density at radius 3 is 2.18 bits per heavy atom. The molecule has 0 fully saturated rings. The summed E-state index contributed by atoms with van der Waals surface area (Å²) in [5.41, 5.74) is 4.36. The molecule has 6 heteroatoms. The van der Waals surface area contributed by atoms with Gasteiger partial charge in [0.2, 0.25) is 11.8 Å². The van der Waals surface area contributed by atoms with Crippen LogP contribution in [0.4, 0.5) is 0 Å². The molecular formula is C11H20N2O4. The molecule has 0 aliphatic rings. The van der Waals surface area contributed by atoms with E-state index in [-0.39, 0.29) is 18.7 Å². The van der Waals surface area contributed by atoms with Crippen molar-refractivity contribution in [3.63, 3.8) is 0 Å². The molecule has 0 aliphatic heterocycles. The number of primary amides is 1. The fourth-order valence-electron chi connectivity index (χ4n) is 1.15. The molecule has 0 aromatic heterocycles. The molecule has 0 aromatic rings. The maximum Gasteiger partial charge on any atom is 0.329 e. The molecule has 0 radical (unpaired) electrons. The lowest BCUT2D eigenvalue weighted by Gasteiger charge is -2.24. The summed E-state index contributed by atoms with van der Waals surface area (Å²) in [5.74, 6) is -1.44. The van der Waals surface area contributed by atoms with Gasteiger partial charge in [-0.15, -0.1) is 0 Å². The first-order valence-corrected chi connectivity index (χ1v) is 5.40. The summed E-state index contributed by atoms with van der Waals surface area (Å²) in [6.45, 7) is 6.47. The number of hydrogen-bond acceptors (Lipinski definition) is 4. The minimum Gasteiger partial charge on any atom is -0.458 e. The van der Waals surface area contributed by atoms with Crippen LogP contribution in [0.15, 0.2) is 0 Å². The Balaban J connectivity index is 4.50. The molecule has 0 saturated carbocycles. The number of amides is 2. The van der Waals surface area contributed by atoms with Crippen molar-refractivity contribution < 1.29 is 19.1 Å². The van der Waals surface area contributed by atoms with E-state index in [0.717, 1.165) is 0 Å². The third-order valence-corrected chi connectivity index (χ3v) is 1.75. The molecule has 0 spiro atoms. The number of ether oxygens (including phenoxy) is 1. The second kappa shape index (κ2) is 6.22. The van der Waals surface area contributed by atoms with Gasteiger partial charge in [0.15, 0.2) is 0 Å². The summed E-state index contributed by atoms with van der Waals surface area (Å²) < 4.78 is 5.13. The molecule has 17 heavy (non-hydrogen) atoms. The van der Waals surface area contributed by atoms with Crippen molar-refractivity contribution >= 4 is 17.8 Å². The quantitative estimate of drug-likeness (QED) is 0.670. The Kier molecular flexibility index (Phi) is 5.64. The molecule has 6 nitrogen and oxygen atoms in total. The van der Waals surface area contributed by atoms with E-state index in [4.69, 9.17) is 10.5 Å². The molecule has 0 unspecified atom stereocenters.